The van der Waals surface area contributed by atoms with E-state index in [1.807, 2.05) is 6.92 Å². The number of aliphatic hydroxyl groups excluding tert-OH is 1. The van der Waals surface area contributed by atoms with Crippen molar-refractivity contribution in [1.82, 2.24) is 10.2 Å². The van der Waals surface area contributed by atoms with Crippen molar-refractivity contribution in [3.8, 4) is 0 Å². The number of urea groups is 1. The highest BCUT2D eigenvalue weighted by Gasteiger charge is 2.24. The van der Waals surface area contributed by atoms with Crippen molar-refractivity contribution in [1.29, 1.82) is 0 Å². The third-order valence-corrected chi connectivity index (χ3v) is 4.39. The molecule has 0 bridgehead atoms. The highest BCUT2D eigenvalue weighted by Crippen LogP contribution is 2.28. The van der Waals surface area contributed by atoms with Gasteiger partial charge in [-0.2, -0.15) is 0 Å². The largest absolute Gasteiger partial charge is 0.394 e. The van der Waals surface area contributed by atoms with Crippen LogP contribution in [0.1, 0.15) is 58.8 Å². The smallest absolute Gasteiger partial charge is 0.317 e. The van der Waals surface area contributed by atoms with Gasteiger partial charge < -0.3 is 15.3 Å². The first-order valence-corrected chi connectivity index (χ1v) is 7.72. The van der Waals surface area contributed by atoms with Crippen LogP contribution in [-0.4, -0.2) is 41.8 Å². The molecule has 1 fully saturated rings. The van der Waals surface area contributed by atoms with Gasteiger partial charge in [-0.25, -0.2) is 4.79 Å². The fourth-order valence-electron chi connectivity index (χ4n) is 2.69. The summed E-state index contributed by atoms with van der Waals surface area (Å²) in [5.74, 6) is 0.863. The van der Waals surface area contributed by atoms with Gasteiger partial charge in [0.1, 0.15) is 0 Å². The fraction of sp³-hybridized carbons (Fsp3) is 0.933. The molecule has 19 heavy (non-hydrogen) atoms. The van der Waals surface area contributed by atoms with Crippen LogP contribution in [0.5, 0.6) is 0 Å². The van der Waals surface area contributed by atoms with E-state index < -0.39 is 0 Å². The summed E-state index contributed by atoms with van der Waals surface area (Å²) in [5, 5.41) is 12.1. The topological polar surface area (TPSA) is 52.6 Å². The van der Waals surface area contributed by atoms with Crippen molar-refractivity contribution >= 4 is 6.03 Å². The number of carbonyl (C=O) groups is 1. The summed E-state index contributed by atoms with van der Waals surface area (Å²) >= 11 is 0. The van der Waals surface area contributed by atoms with E-state index in [9.17, 15) is 4.79 Å². The van der Waals surface area contributed by atoms with Crippen LogP contribution >= 0.6 is 0 Å². The average Bonchev–Trinajstić information content (AvgIpc) is 2.44. The number of likely N-dealkylation sites (N-methyl/N-ethyl adjacent to an activating group) is 1. The highest BCUT2D eigenvalue weighted by molar-refractivity contribution is 5.74. The van der Waals surface area contributed by atoms with Gasteiger partial charge in [0, 0.05) is 13.1 Å². The molecular weight excluding hydrogens is 240 g/mol. The number of hydrogen-bond donors (Lipinski definition) is 2. The van der Waals surface area contributed by atoms with E-state index in [2.05, 4.69) is 12.2 Å². The molecule has 1 rings (SSSR count). The maximum absolute atomic E-state index is 12.0. The molecule has 112 valence electrons. The van der Waals surface area contributed by atoms with E-state index in [-0.39, 0.29) is 18.7 Å². The molecule has 2 N–H and O–H groups in total. The molecule has 0 aromatic rings. The molecule has 1 aliphatic carbocycles. The summed E-state index contributed by atoms with van der Waals surface area (Å²) < 4.78 is 0. The average molecular weight is 270 g/mol. The van der Waals surface area contributed by atoms with Crippen LogP contribution in [0.15, 0.2) is 0 Å². The SMILES string of the molecule is CCCCC1CCC(NC(=O)N(C)C(C)CO)CC1. The quantitative estimate of drug-likeness (QED) is 0.779. The molecule has 4 nitrogen and oxygen atoms in total. The Labute approximate surface area is 117 Å². The van der Waals surface area contributed by atoms with E-state index in [1.54, 1.807) is 11.9 Å². The monoisotopic (exact) mass is 270 g/mol. The van der Waals surface area contributed by atoms with Gasteiger partial charge in [0.15, 0.2) is 0 Å². The van der Waals surface area contributed by atoms with Gasteiger partial charge >= 0.3 is 6.03 Å². The molecule has 0 spiro atoms. The van der Waals surface area contributed by atoms with E-state index in [0.29, 0.717) is 6.04 Å². The molecule has 0 radical (unpaired) electrons. The number of nitrogens with one attached hydrogen (secondary N) is 1. The maximum atomic E-state index is 12.0. The van der Waals surface area contributed by atoms with Crippen molar-refractivity contribution in [2.24, 2.45) is 5.92 Å². The molecule has 1 aliphatic rings. The zero-order valence-electron chi connectivity index (χ0n) is 12.7. The van der Waals surface area contributed by atoms with Crippen LogP contribution in [0, 0.1) is 5.92 Å². The Bertz CT molecular complexity index is 263. The molecule has 1 saturated carbocycles. The molecule has 1 atom stereocenters. The fourth-order valence-corrected chi connectivity index (χ4v) is 2.69. The second-order valence-electron chi connectivity index (χ2n) is 5.95. The summed E-state index contributed by atoms with van der Waals surface area (Å²) in [4.78, 5) is 13.6. The van der Waals surface area contributed by atoms with Crippen molar-refractivity contribution in [3.63, 3.8) is 0 Å². The predicted octanol–water partition coefficient (Wildman–Crippen LogP) is 2.76. The third-order valence-electron chi connectivity index (χ3n) is 4.39. The van der Waals surface area contributed by atoms with Crippen molar-refractivity contribution in [3.05, 3.63) is 0 Å². The van der Waals surface area contributed by atoms with Crippen LogP contribution < -0.4 is 5.32 Å². The Kier molecular flexibility index (Phi) is 7.21. The van der Waals surface area contributed by atoms with Gasteiger partial charge in [-0.1, -0.05) is 26.2 Å². The first-order valence-electron chi connectivity index (χ1n) is 7.72. The first-order chi connectivity index (χ1) is 9.08. The highest BCUT2D eigenvalue weighted by atomic mass is 16.3. The van der Waals surface area contributed by atoms with E-state index in [0.717, 1.165) is 18.8 Å². The molecule has 1 unspecified atom stereocenters. The Hall–Kier alpha value is -0.770. The molecule has 0 saturated heterocycles. The summed E-state index contributed by atoms with van der Waals surface area (Å²) in [5.41, 5.74) is 0. The molecule has 2 amide bonds. The zero-order chi connectivity index (χ0) is 14.3. The minimum Gasteiger partial charge on any atom is -0.394 e. The van der Waals surface area contributed by atoms with E-state index in [4.69, 9.17) is 5.11 Å². The van der Waals surface area contributed by atoms with Gasteiger partial charge in [-0.05, 0) is 38.5 Å². The number of unbranched alkanes of at least 4 members (excludes halogenated alkanes) is 1. The van der Waals surface area contributed by atoms with Crippen molar-refractivity contribution < 1.29 is 9.90 Å². The first kappa shape index (κ1) is 16.3. The van der Waals surface area contributed by atoms with E-state index in [1.165, 1.54) is 32.1 Å². The zero-order valence-corrected chi connectivity index (χ0v) is 12.7. The Morgan fingerprint density at radius 3 is 2.53 bits per heavy atom. The minimum atomic E-state index is -0.124. The van der Waals surface area contributed by atoms with Gasteiger partial charge in [0.05, 0.1) is 12.6 Å². The standard InChI is InChI=1S/C15H30N2O2/c1-4-5-6-13-7-9-14(10-8-13)16-15(19)17(3)12(2)11-18/h12-14,18H,4-11H2,1-3H3,(H,16,19). The molecule has 0 aliphatic heterocycles. The van der Waals surface area contributed by atoms with Crippen molar-refractivity contribution in [2.75, 3.05) is 13.7 Å². The second-order valence-corrected chi connectivity index (χ2v) is 5.95. The van der Waals surface area contributed by atoms with E-state index >= 15 is 0 Å². The van der Waals surface area contributed by atoms with Crippen LogP contribution in [0.3, 0.4) is 0 Å². The number of nitrogens with zero attached hydrogens (tertiary/aromatic N) is 1. The van der Waals surface area contributed by atoms with Gasteiger partial charge in [0.25, 0.3) is 0 Å². The molecule has 0 aromatic heterocycles. The molecular formula is C15H30N2O2. The van der Waals surface area contributed by atoms with Gasteiger partial charge in [0.2, 0.25) is 0 Å². The lowest BCUT2D eigenvalue weighted by atomic mass is 9.83. The minimum absolute atomic E-state index is 0.00762. The number of aliphatic hydroxyl groups is 1. The van der Waals surface area contributed by atoms with Gasteiger partial charge in [-0.15, -0.1) is 0 Å². The number of hydrogen-bond acceptors (Lipinski definition) is 2. The summed E-state index contributed by atoms with van der Waals surface area (Å²) in [7, 11) is 1.74. The molecule has 4 heteroatoms. The van der Waals surface area contributed by atoms with Crippen molar-refractivity contribution in [2.45, 2.75) is 70.9 Å². The summed E-state index contributed by atoms with van der Waals surface area (Å²) in [6, 6.07) is 0.137. The lowest BCUT2D eigenvalue weighted by molar-refractivity contribution is 0.151. The lowest BCUT2D eigenvalue weighted by Gasteiger charge is -2.31. The Balaban J connectivity index is 2.27. The van der Waals surface area contributed by atoms with Crippen LogP contribution in [0.2, 0.25) is 0 Å². The maximum Gasteiger partial charge on any atom is 0.317 e. The lowest BCUT2D eigenvalue weighted by Crippen LogP contribution is -2.48. The molecule has 0 aromatic carbocycles. The molecule has 0 heterocycles. The number of rotatable bonds is 6. The summed E-state index contributed by atoms with van der Waals surface area (Å²) in [6.45, 7) is 4.10. The third kappa shape index (κ3) is 5.39. The number of amides is 2. The predicted molar refractivity (Wildman–Crippen MR) is 78.1 cm³/mol. The summed E-state index contributed by atoms with van der Waals surface area (Å²) in [6.07, 6.45) is 8.63. The number of carbonyl (C=O) groups excluding carboxylic acids is 1. The second kappa shape index (κ2) is 8.41. The Morgan fingerprint density at radius 1 is 1.37 bits per heavy atom. The van der Waals surface area contributed by atoms with Crippen LogP contribution in [0.4, 0.5) is 4.79 Å². The van der Waals surface area contributed by atoms with Gasteiger partial charge in [-0.3, -0.25) is 0 Å². The van der Waals surface area contributed by atoms with Crippen LogP contribution in [-0.2, 0) is 0 Å². The Morgan fingerprint density at radius 2 is 2.00 bits per heavy atom. The normalized spacial score (nSPS) is 24.8. The van der Waals surface area contributed by atoms with Crippen LogP contribution in [0.25, 0.3) is 0 Å².